The molecule has 16 heavy (non-hydrogen) atoms. The van der Waals surface area contributed by atoms with Crippen LogP contribution in [0.15, 0.2) is 0 Å². The molecule has 0 spiro atoms. The number of likely N-dealkylation sites (N-methyl/N-ethyl adjacent to an activating group) is 2. The van der Waals surface area contributed by atoms with Crippen molar-refractivity contribution in [1.82, 2.24) is 10.2 Å². The maximum atomic E-state index is 11.6. The lowest BCUT2D eigenvalue weighted by molar-refractivity contribution is -0.126. The van der Waals surface area contributed by atoms with E-state index in [1.165, 1.54) is 0 Å². The average molecular weight is 229 g/mol. The van der Waals surface area contributed by atoms with Crippen LogP contribution < -0.4 is 11.1 Å². The highest BCUT2D eigenvalue weighted by molar-refractivity contribution is 5.85. The first-order chi connectivity index (χ1) is 7.56. The summed E-state index contributed by atoms with van der Waals surface area (Å²) in [6.45, 7) is 2.12. The summed E-state index contributed by atoms with van der Waals surface area (Å²) in [4.78, 5) is 13.7. The summed E-state index contributed by atoms with van der Waals surface area (Å²) < 4.78 is 5.02. The van der Waals surface area contributed by atoms with Crippen molar-refractivity contribution in [2.24, 2.45) is 11.7 Å². The lowest BCUT2D eigenvalue weighted by Crippen LogP contribution is -2.61. The van der Waals surface area contributed by atoms with Crippen molar-refractivity contribution >= 4 is 5.91 Å². The van der Waals surface area contributed by atoms with Crippen molar-refractivity contribution < 1.29 is 9.53 Å². The number of hydrogen-bond acceptors (Lipinski definition) is 4. The second kappa shape index (κ2) is 5.61. The molecule has 5 nitrogen and oxygen atoms in total. The van der Waals surface area contributed by atoms with Crippen LogP contribution in [-0.2, 0) is 9.53 Å². The zero-order valence-corrected chi connectivity index (χ0v) is 10.5. The fourth-order valence-electron chi connectivity index (χ4n) is 2.14. The molecule has 1 unspecified atom stereocenters. The first-order valence-corrected chi connectivity index (χ1v) is 5.73. The third-order valence-corrected chi connectivity index (χ3v) is 3.36. The summed E-state index contributed by atoms with van der Waals surface area (Å²) in [5.74, 6) is 0.141. The van der Waals surface area contributed by atoms with Gasteiger partial charge in [0.1, 0.15) is 5.54 Å². The Hall–Kier alpha value is -0.650. The number of ether oxygens (including phenoxy) is 1. The van der Waals surface area contributed by atoms with Crippen LogP contribution in [0.3, 0.4) is 0 Å². The normalized spacial score (nSPS) is 19.8. The molecule has 1 atom stereocenters. The number of primary amides is 1. The maximum Gasteiger partial charge on any atom is 0.239 e. The van der Waals surface area contributed by atoms with Crippen molar-refractivity contribution in [1.29, 1.82) is 0 Å². The van der Waals surface area contributed by atoms with Crippen molar-refractivity contribution in [3.63, 3.8) is 0 Å². The molecule has 0 aliphatic heterocycles. The van der Waals surface area contributed by atoms with Crippen molar-refractivity contribution in [3.05, 3.63) is 0 Å². The fourth-order valence-corrected chi connectivity index (χ4v) is 2.14. The summed E-state index contributed by atoms with van der Waals surface area (Å²) in [7, 11) is 5.47. The SMILES string of the molecule is CNC(CN(C)CCOC)(C(N)=O)C1CC1. The minimum atomic E-state index is -0.567. The summed E-state index contributed by atoms with van der Waals surface area (Å²) in [5, 5.41) is 3.13. The van der Waals surface area contributed by atoms with Gasteiger partial charge in [0.25, 0.3) is 0 Å². The van der Waals surface area contributed by atoms with Crippen LogP contribution >= 0.6 is 0 Å². The van der Waals surface area contributed by atoms with E-state index < -0.39 is 5.54 Å². The highest BCUT2D eigenvalue weighted by Gasteiger charge is 2.49. The molecule has 0 radical (unpaired) electrons. The molecule has 1 rings (SSSR count). The number of nitrogens with zero attached hydrogens (tertiary/aromatic N) is 1. The minimum absolute atomic E-state index is 0.248. The van der Waals surface area contributed by atoms with Gasteiger partial charge in [0.15, 0.2) is 0 Å². The van der Waals surface area contributed by atoms with E-state index in [-0.39, 0.29) is 5.91 Å². The molecule has 0 aromatic heterocycles. The number of nitrogens with two attached hydrogens (primary N) is 1. The Morgan fingerprint density at radius 2 is 2.25 bits per heavy atom. The molecule has 94 valence electrons. The first-order valence-electron chi connectivity index (χ1n) is 5.73. The molecule has 0 aromatic carbocycles. The second-order valence-electron chi connectivity index (χ2n) is 4.59. The van der Waals surface area contributed by atoms with Crippen LogP contribution in [0, 0.1) is 5.92 Å². The Labute approximate surface area is 97.3 Å². The predicted molar refractivity (Wildman–Crippen MR) is 63.1 cm³/mol. The lowest BCUT2D eigenvalue weighted by Gasteiger charge is -2.34. The standard InChI is InChI=1S/C11H23N3O2/c1-13-11(10(12)15,9-4-5-9)8-14(2)6-7-16-3/h9,13H,4-8H2,1-3H3,(H2,12,15). The molecule has 0 heterocycles. The Morgan fingerprint density at radius 3 is 2.62 bits per heavy atom. The van der Waals surface area contributed by atoms with Crippen LogP contribution in [0.1, 0.15) is 12.8 Å². The first kappa shape index (κ1) is 13.4. The largest absolute Gasteiger partial charge is 0.383 e. The van der Waals surface area contributed by atoms with E-state index in [0.717, 1.165) is 19.4 Å². The van der Waals surface area contributed by atoms with E-state index in [4.69, 9.17) is 10.5 Å². The van der Waals surface area contributed by atoms with Gasteiger partial charge in [-0.15, -0.1) is 0 Å². The monoisotopic (exact) mass is 229 g/mol. The van der Waals surface area contributed by atoms with Gasteiger partial charge in [-0.2, -0.15) is 0 Å². The fraction of sp³-hybridized carbons (Fsp3) is 0.909. The van der Waals surface area contributed by atoms with E-state index >= 15 is 0 Å². The molecule has 0 aromatic rings. The van der Waals surface area contributed by atoms with Gasteiger partial charge in [-0.05, 0) is 32.9 Å². The van der Waals surface area contributed by atoms with Crippen molar-refractivity contribution in [2.75, 3.05) is 40.9 Å². The zero-order chi connectivity index (χ0) is 12.2. The topological polar surface area (TPSA) is 67.6 Å². The molecule has 1 fully saturated rings. The second-order valence-corrected chi connectivity index (χ2v) is 4.59. The number of carbonyl (C=O) groups excluding carboxylic acids is 1. The zero-order valence-electron chi connectivity index (χ0n) is 10.5. The van der Waals surface area contributed by atoms with Crippen LogP contribution in [0.4, 0.5) is 0 Å². The number of carbonyl (C=O) groups is 1. The van der Waals surface area contributed by atoms with Crippen LogP contribution in [0.5, 0.6) is 0 Å². The third kappa shape index (κ3) is 2.93. The number of amides is 1. The lowest BCUT2D eigenvalue weighted by atomic mass is 9.91. The van der Waals surface area contributed by atoms with Gasteiger partial charge in [-0.25, -0.2) is 0 Å². The molecule has 1 amide bonds. The van der Waals surface area contributed by atoms with Gasteiger partial charge >= 0.3 is 0 Å². The molecule has 3 N–H and O–H groups in total. The van der Waals surface area contributed by atoms with E-state index in [1.807, 2.05) is 14.1 Å². The van der Waals surface area contributed by atoms with E-state index in [2.05, 4.69) is 10.2 Å². The van der Waals surface area contributed by atoms with Gasteiger partial charge in [-0.1, -0.05) is 0 Å². The molecule has 1 aliphatic carbocycles. The van der Waals surface area contributed by atoms with Crippen molar-refractivity contribution in [2.45, 2.75) is 18.4 Å². The highest BCUT2D eigenvalue weighted by Crippen LogP contribution is 2.39. The number of rotatable bonds is 8. The van der Waals surface area contributed by atoms with Gasteiger partial charge in [0, 0.05) is 20.2 Å². The Morgan fingerprint density at radius 1 is 1.62 bits per heavy atom. The number of nitrogens with one attached hydrogen (secondary N) is 1. The molecule has 1 aliphatic rings. The van der Waals surface area contributed by atoms with E-state index in [9.17, 15) is 4.79 Å². The quantitative estimate of drug-likeness (QED) is 0.584. The van der Waals surface area contributed by atoms with Gasteiger partial charge < -0.3 is 20.7 Å². The molecule has 1 saturated carbocycles. The third-order valence-electron chi connectivity index (χ3n) is 3.36. The minimum Gasteiger partial charge on any atom is -0.383 e. The van der Waals surface area contributed by atoms with E-state index in [1.54, 1.807) is 7.11 Å². The van der Waals surface area contributed by atoms with Gasteiger partial charge in [-0.3, -0.25) is 4.79 Å². The maximum absolute atomic E-state index is 11.6. The Bertz CT molecular complexity index is 243. The predicted octanol–water partition coefficient (Wildman–Crippen LogP) is -0.582. The van der Waals surface area contributed by atoms with Gasteiger partial charge in [0.05, 0.1) is 6.61 Å². The number of hydrogen-bond donors (Lipinski definition) is 2. The van der Waals surface area contributed by atoms with Crippen LogP contribution in [0.25, 0.3) is 0 Å². The number of methoxy groups -OCH3 is 1. The average Bonchev–Trinajstić information content (AvgIpc) is 3.06. The Kier molecular flexibility index (Phi) is 4.70. The van der Waals surface area contributed by atoms with Crippen molar-refractivity contribution in [3.8, 4) is 0 Å². The molecular weight excluding hydrogens is 206 g/mol. The molecule has 0 saturated heterocycles. The van der Waals surface area contributed by atoms with Gasteiger partial charge in [0.2, 0.25) is 5.91 Å². The summed E-state index contributed by atoms with van der Waals surface area (Å²) in [6, 6.07) is 0. The Balaban J connectivity index is 2.59. The van der Waals surface area contributed by atoms with Crippen LogP contribution in [-0.4, -0.2) is 57.2 Å². The van der Waals surface area contributed by atoms with E-state index in [0.29, 0.717) is 19.1 Å². The smallest absolute Gasteiger partial charge is 0.239 e. The summed E-state index contributed by atoms with van der Waals surface area (Å²) >= 11 is 0. The van der Waals surface area contributed by atoms with Crippen LogP contribution in [0.2, 0.25) is 0 Å². The summed E-state index contributed by atoms with van der Waals surface area (Å²) in [6.07, 6.45) is 2.17. The highest BCUT2D eigenvalue weighted by atomic mass is 16.5. The summed E-state index contributed by atoms with van der Waals surface area (Å²) in [5.41, 5.74) is 4.97. The molecule has 5 heteroatoms. The molecular formula is C11H23N3O2. The molecule has 0 bridgehead atoms.